The van der Waals surface area contributed by atoms with Crippen molar-refractivity contribution in [1.29, 1.82) is 0 Å². The van der Waals surface area contributed by atoms with E-state index in [1.54, 1.807) is 0 Å². The molecule has 0 nitrogen and oxygen atoms in total. The van der Waals surface area contributed by atoms with Gasteiger partial charge < -0.3 is 0 Å². The predicted octanol–water partition coefficient (Wildman–Crippen LogP) is 10.1. The quantitative estimate of drug-likeness (QED) is 0.174. The summed E-state index contributed by atoms with van der Waals surface area (Å²) in [5.41, 5.74) is 0. The van der Waals surface area contributed by atoms with Crippen molar-refractivity contribution in [3.8, 4) is 0 Å². The van der Waals surface area contributed by atoms with Gasteiger partial charge in [-0.15, -0.1) is 31.7 Å². The molecular weight excluding hydrogens is 471 g/mol. The molecule has 0 bridgehead atoms. The Morgan fingerprint density at radius 3 is 0.310 bits per heavy atom. The fourth-order valence-corrected chi connectivity index (χ4v) is 8.05. The monoisotopic (exact) mass is 530 g/mol. The molecular formula is C24H60NiP4. The van der Waals surface area contributed by atoms with Gasteiger partial charge in [0.2, 0.25) is 0 Å². The molecule has 0 saturated carbocycles. The average Bonchev–Trinajstić information content (AvgIpc) is 2.75. The Morgan fingerprint density at radius 2 is 0.310 bits per heavy atom. The summed E-state index contributed by atoms with van der Waals surface area (Å²) in [4.78, 5) is 0. The molecule has 186 valence electrons. The van der Waals surface area contributed by atoms with Crippen LogP contribution in [0.15, 0.2) is 0 Å². The maximum atomic E-state index is 2.29. The minimum Gasteiger partial charge on any atom is -0.108 e. The van der Waals surface area contributed by atoms with Crippen molar-refractivity contribution in [2.75, 3.05) is 73.9 Å². The summed E-state index contributed by atoms with van der Waals surface area (Å²) in [5.74, 6) is 0. The zero-order valence-corrected chi connectivity index (χ0v) is 27.2. The summed E-state index contributed by atoms with van der Waals surface area (Å²) in [6.45, 7) is 27.5. The fraction of sp³-hybridized carbons (Fsp3) is 1.00. The smallest absolute Gasteiger partial charge is 0 e. The molecule has 0 rings (SSSR count). The van der Waals surface area contributed by atoms with E-state index in [4.69, 9.17) is 0 Å². The second kappa shape index (κ2) is 37.5. The van der Waals surface area contributed by atoms with E-state index in [0.29, 0.717) is 31.7 Å². The minimum absolute atomic E-state index is 0. The largest absolute Gasteiger partial charge is 0.108 e. The van der Waals surface area contributed by atoms with Crippen LogP contribution in [0.4, 0.5) is 0 Å². The van der Waals surface area contributed by atoms with Crippen LogP contribution < -0.4 is 0 Å². The third kappa shape index (κ3) is 35.0. The average molecular weight is 531 g/mol. The topological polar surface area (TPSA) is 0 Å². The minimum atomic E-state index is 0. The van der Waals surface area contributed by atoms with Gasteiger partial charge in [-0.2, -0.15) is 0 Å². The SMILES string of the molecule is CCP(CC)CC.CCP(CC)CC.CCP(CC)CC.CCP(CC)CC.[Ni]. The number of rotatable bonds is 12. The maximum absolute atomic E-state index is 2.29. The molecule has 0 aliphatic heterocycles. The zero-order chi connectivity index (χ0) is 22.8. The van der Waals surface area contributed by atoms with Gasteiger partial charge in [-0.1, -0.05) is 83.1 Å². The molecule has 0 heterocycles. The molecule has 0 radical (unpaired) electrons. The van der Waals surface area contributed by atoms with E-state index in [1.165, 1.54) is 73.9 Å². The molecule has 0 aromatic heterocycles. The first-order valence-electron chi connectivity index (χ1n) is 12.3. The van der Waals surface area contributed by atoms with Crippen molar-refractivity contribution >= 4 is 31.7 Å². The molecule has 0 spiro atoms. The number of hydrogen-bond donors (Lipinski definition) is 0. The van der Waals surface area contributed by atoms with Gasteiger partial charge >= 0.3 is 0 Å². The van der Waals surface area contributed by atoms with E-state index in [9.17, 15) is 0 Å². The van der Waals surface area contributed by atoms with Gasteiger partial charge in [0.15, 0.2) is 0 Å². The predicted molar refractivity (Wildman–Crippen MR) is 154 cm³/mol. The molecule has 29 heavy (non-hydrogen) atoms. The summed E-state index contributed by atoms with van der Waals surface area (Å²) < 4.78 is 0. The van der Waals surface area contributed by atoms with Gasteiger partial charge in [0.25, 0.3) is 0 Å². The van der Waals surface area contributed by atoms with Crippen molar-refractivity contribution in [1.82, 2.24) is 0 Å². The Labute approximate surface area is 204 Å². The number of hydrogen-bond acceptors (Lipinski definition) is 0. The Morgan fingerprint density at radius 1 is 0.241 bits per heavy atom. The standard InChI is InChI=1S/4C6H15P.Ni/c4*1-4-7(5-2)6-3;/h4*4-6H2,1-3H3;. The van der Waals surface area contributed by atoms with Crippen molar-refractivity contribution < 1.29 is 16.5 Å². The van der Waals surface area contributed by atoms with Crippen LogP contribution in [-0.2, 0) is 16.5 Å². The molecule has 0 aromatic carbocycles. The third-order valence-corrected chi connectivity index (χ3v) is 16.1. The van der Waals surface area contributed by atoms with Crippen molar-refractivity contribution in [2.45, 2.75) is 83.1 Å². The van der Waals surface area contributed by atoms with Gasteiger partial charge in [0.1, 0.15) is 0 Å². The maximum Gasteiger partial charge on any atom is 0 e. The van der Waals surface area contributed by atoms with Crippen LogP contribution in [0.1, 0.15) is 83.1 Å². The van der Waals surface area contributed by atoms with E-state index in [-0.39, 0.29) is 16.5 Å². The van der Waals surface area contributed by atoms with Gasteiger partial charge in [-0.05, 0) is 73.9 Å². The summed E-state index contributed by atoms with van der Waals surface area (Å²) in [7, 11) is 1.78. The van der Waals surface area contributed by atoms with E-state index in [0.717, 1.165) is 0 Å². The van der Waals surface area contributed by atoms with Crippen LogP contribution in [-0.4, -0.2) is 73.9 Å². The van der Waals surface area contributed by atoms with Crippen LogP contribution in [0.3, 0.4) is 0 Å². The Balaban J connectivity index is -0.0000000873. The molecule has 0 aliphatic rings. The Hall–Kier alpha value is 2.21. The van der Waals surface area contributed by atoms with Crippen LogP contribution in [0.2, 0.25) is 0 Å². The summed E-state index contributed by atoms with van der Waals surface area (Å²) in [6, 6.07) is 0. The third-order valence-electron chi connectivity index (χ3n) is 5.37. The molecule has 0 saturated heterocycles. The van der Waals surface area contributed by atoms with Crippen molar-refractivity contribution in [3.63, 3.8) is 0 Å². The molecule has 0 N–H and O–H groups in total. The Bertz CT molecular complexity index is 157. The fourth-order valence-electron chi connectivity index (χ4n) is 2.68. The molecule has 0 atom stereocenters. The summed E-state index contributed by atoms with van der Waals surface area (Å²) >= 11 is 0. The summed E-state index contributed by atoms with van der Waals surface area (Å²) in [6.07, 6.45) is 17.0. The Kier molecular flexibility index (Phi) is 53.7. The second-order valence-electron chi connectivity index (χ2n) is 6.48. The first-order chi connectivity index (χ1) is 13.4. The normalized spacial score (nSPS) is 9.93. The van der Waals surface area contributed by atoms with Gasteiger partial charge in [-0.3, -0.25) is 0 Å². The molecule has 0 aliphatic carbocycles. The van der Waals surface area contributed by atoms with Gasteiger partial charge in [0.05, 0.1) is 0 Å². The molecule has 5 heteroatoms. The molecule has 0 fully saturated rings. The van der Waals surface area contributed by atoms with E-state index in [1.807, 2.05) is 0 Å². The molecule has 0 unspecified atom stereocenters. The van der Waals surface area contributed by atoms with Crippen molar-refractivity contribution in [2.24, 2.45) is 0 Å². The van der Waals surface area contributed by atoms with E-state index < -0.39 is 0 Å². The van der Waals surface area contributed by atoms with Crippen LogP contribution in [0, 0.1) is 0 Å². The first-order valence-corrected chi connectivity index (χ1v) is 19.9. The van der Waals surface area contributed by atoms with Gasteiger partial charge in [0, 0.05) is 16.5 Å². The first kappa shape index (κ1) is 41.5. The summed E-state index contributed by atoms with van der Waals surface area (Å²) in [5, 5.41) is 0. The molecule has 0 amide bonds. The molecule has 0 aromatic rings. The van der Waals surface area contributed by atoms with Crippen LogP contribution in [0.25, 0.3) is 0 Å². The second-order valence-corrected chi connectivity index (χ2v) is 19.4. The van der Waals surface area contributed by atoms with E-state index >= 15 is 0 Å². The zero-order valence-electron chi connectivity index (χ0n) is 22.6. The van der Waals surface area contributed by atoms with Gasteiger partial charge in [-0.25, -0.2) is 0 Å². The van der Waals surface area contributed by atoms with Crippen molar-refractivity contribution in [3.05, 3.63) is 0 Å². The van der Waals surface area contributed by atoms with Crippen LogP contribution >= 0.6 is 31.7 Å². The van der Waals surface area contributed by atoms with Crippen LogP contribution in [0.5, 0.6) is 0 Å². The van der Waals surface area contributed by atoms with E-state index in [2.05, 4.69) is 83.1 Å².